The summed E-state index contributed by atoms with van der Waals surface area (Å²) in [5, 5.41) is 0. The van der Waals surface area contributed by atoms with Gasteiger partial charge < -0.3 is 9.80 Å². The van der Waals surface area contributed by atoms with Gasteiger partial charge in [0.15, 0.2) is 0 Å². The molecule has 0 fully saturated rings. The summed E-state index contributed by atoms with van der Waals surface area (Å²) in [6, 6.07) is 65.7. The third kappa shape index (κ3) is 6.55. The van der Waals surface area contributed by atoms with E-state index in [0.29, 0.717) is 0 Å². The van der Waals surface area contributed by atoms with Crippen LogP contribution < -0.4 is 9.80 Å². The molecule has 8 aromatic rings. The standard InChI is InChI=1S/C48H40N4/c1-48(2,3)43-25-16-26-44-47(43)50-46(35-17-8-4-9-18-35)45(49-44)36-27-29-40(30-28-36)52(39-23-14-7-15-24-39)42-33-31-41(32-34-42)51(37-19-10-5-11-20-37)38-21-12-6-13-22-38/h4-34H,1-3H3. The van der Waals surface area contributed by atoms with Crippen LogP contribution in [0.1, 0.15) is 26.3 Å². The number of rotatable bonds is 8. The van der Waals surface area contributed by atoms with Crippen molar-refractivity contribution in [2.45, 2.75) is 26.2 Å². The molecule has 1 heterocycles. The number of hydrogen-bond donors (Lipinski definition) is 0. The average Bonchev–Trinajstić information content (AvgIpc) is 3.19. The molecule has 0 saturated heterocycles. The number of benzene rings is 7. The number of aromatic nitrogens is 2. The van der Waals surface area contributed by atoms with Crippen molar-refractivity contribution in [3.63, 3.8) is 0 Å². The minimum atomic E-state index is -0.0637. The van der Waals surface area contributed by atoms with Gasteiger partial charge in [-0.05, 0) is 89.8 Å². The summed E-state index contributed by atoms with van der Waals surface area (Å²) in [7, 11) is 0. The van der Waals surface area contributed by atoms with Crippen molar-refractivity contribution < 1.29 is 0 Å². The molecule has 0 N–H and O–H groups in total. The summed E-state index contributed by atoms with van der Waals surface area (Å²) >= 11 is 0. The summed E-state index contributed by atoms with van der Waals surface area (Å²) < 4.78 is 0. The normalized spacial score (nSPS) is 11.4. The Morgan fingerprint density at radius 3 is 1.15 bits per heavy atom. The van der Waals surface area contributed by atoms with Crippen LogP contribution in [0.15, 0.2) is 188 Å². The van der Waals surface area contributed by atoms with Crippen LogP contribution in [0, 0.1) is 0 Å². The third-order valence-electron chi connectivity index (χ3n) is 9.36. The number of nitrogens with zero attached hydrogens (tertiary/aromatic N) is 4. The molecule has 7 aromatic carbocycles. The largest absolute Gasteiger partial charge is 0.311 e. The number of fused-ring (bicyclic) bond motifs is 1. The van der Waals surface area contributed by atoms with Crippen LogP contribution in [0.5, 0.6) is 0 Å². The van der Waals surface area contributed by atoms with E-state index in [0.717, 1.165) is 67.7 Å². The fourth-order valence-corrected chi connectivity index (χ4v) is 6.83. The van der Waals surface area contributed by atoms with Crippen molar-refractivity contribution in [1.82, 2.24) is 9.97 Å². The molecule has 0 spiro atoms. The van der Waals surface area contributed by atoms with Crippen LogP contribution in [0.2, 0.25) is 0 Å². The lowest BCUT2D eigenvalue weighted by molar-refractivity contribution is 0.594. The Balaban J connectivity index is 1.20. The molecular weight excluding hydrogens is 633 g/mol. The van der Waals surface area contributed by atoms with Gasteiger partial charge in [0.05, 0.1) is 22.4 Å². The second kappa shape index (κ2) is 14.0. The summed E-state index contributed by atoms with van der Waals surface area (Å²) in [6.45, 7) is 6.69. The van der Waals surface area contributed by atoms with E-state index in [-0.39, 0.29) is 5.41 Å². The van der Waals surface area contributed by atoms with Crippen LogP contribution in [-0.4, -0.2) is 9.97 Å². The lowest BCUT2D eigenvalue weighted by Gasteiger charge is -2.28. The van der Waals surface area contributed by atoms with Crippen LogP contribution >= 0.6 is 0 Å². The molecule has 0 saturated carbocycles. The van der Waals surface area contributed by atoms with Gasteiger partial charge in [-0.3, -0.25) is 0 Å². The van der Waals surface area contributed by atoms with Crippen molar-refractivity contribution in [2.75, 3.05) is 9.80 Å². The van der Waals surface area contributed by atoms with Crippen molar-refractivity contribution in [3.8, 4) is 22.5 Å². The molecule has 0 radical (unpaired) electrons. The average molecular weight is 673 g/mol. The maximum atomic E-state index is 5.33. The SMILES string of the molecule is CC(C)(C)c1cccc2nc(-c3ccc(N(c4ccccc4)c4ccc(N(c5ccccc5)c5ccccc5)cc4)cc3)c(-c3ccccc3)nc12. The van der Waals surface area contributed by atoms with E-state index in [4.69, 9.17) is 9.97 Å². The Labute approximate surface area is 306 Å². The second-order valence-corrected chi connectivity index (χ2v) is 14.0. The zero-order valence-electron chi connectivity index (χ0n) is 29.7. The molecule has 1 aromatic heterocycles. The zero-order chi connectivity index (χ0) is 35.5. The summed E-state index contributed by atoms with van der Waals surface area (Å²) in [5.41, 5.74) is 13.3. The molecule has 0 unspecified atom stereocenters. The summed E-state index contributed by atoms with van der Waals surface area (Å²) in [6.07, 6.45) is 0. The first-order chi connectivity index (χ1) is 25.4. The number of para-hydroxylation sites is 4. The highest BCUT2D eigenvalue weighted by molar-refractivity contribution is 5.89. The zero-order valence-corrected chi connectivity index (χ0v) is 29.7. The Morgan fingerprint density at radius 2 is 0.712 bits per heavy atom. The molecule has 4 nitrogen and oxygen atoms in total. The van der Waals surface area contributed by atoms with Crippen molar-refractivity contribution >= 4 is 45.2 Å². The Bertz CT molecular complexity index is 2360. The Kier molecular flexibility index (Phi) is 8.80. The van der Waals surface area contributed by atoms with Gasteiger partial charge in [0.1, 0.15) is 0 Å². The van der Waals surface area contributed by atoms with Gasteiger partial charge in [-0.1, -0.05) is 130 Å². The molecule has 52 heavy (non-hydrogen) atoms. The highest BCUT2D eigenvalue weighted by Crippen LogP contribution is 2.40. The van der Waals surface area contributed by atoms with E-state index >= 15 is 0 Å². The minimum Gasteiger partial charge on any atom is -0.311 e. The highest BCUT2D eigenvalue weighted by Gasteiger charge is 2.22. The molecule has 8 rings (SSSR count). The maximum Gasteiger partial charge on any atom is 0.0973 e. The molecule has 0 bridgehead atoms. The monoisotopic (exact) mass is 672 g/mol. The van der Waals surface area contributed by atoms with E-state index in [2.05, 4.69) is 213 Å². The molecule has 0 amide bonds. The Morgan fingerprint density at radius 1 is 0.346 bits per heavy atom. The van der Waals surface area contributed by atoms with E-state index < -0.39 is 0 Å². The predicted octanol–water partition coefficient (Wildman–Crippen LogP) is 13.2. The highest BCUT2D eigenvalue weighted by atomic mass is 15.2. The van der Waals surface area contributed by atoms with E-state index in [9.17, 15) is 0 Å². The van der Waals surface area contributed by atoms with Crippen LogP contribution in [0.4, 0.5) is 34.1 Å². The quantitative estimate of drug-likeness (QED) is 0.161. The van der Waals surface area contributed by atoms with Gasteiger partial charge in [-0.15, -0.1) is 0 Å². The lowest BCUT2D eigenvalue weighted by Crippen LogP contribution is -2.13. The van der Waals surface area contributed by atoms with E-state index in [1.807, 2.05) is 6.07 Å². The predicted molar refractivity (Wildman–Crippen MR) is 218 cm³/mol. The molecule has 0 aliphatic heterocycles. The van der Waals surface area contributed by atoms with E-state index in [1.165, 1.54) is 5.56 Å². The smallest absolute Gasteiger partial charge is 0.0973 e. The molecular formula is C48H40N4. The third-order valence-corrected chi connectivity index (χ3v) is 9.36. The molecule has 252 valence electrons. The second-order valence-electron chi connectivity index (χ2n) is 14.0. The van der Waals surface area contributed by atoms with Gasteiger partial charge in [0, 0.05) is 45.3 Å². The van der Waals surface area contributed by atoms with Gasteiger partial charge in [0.25, 0.3) is 0 Å². The van der Waals surface area contributed by atoms with Crippen LogP contribution in [0.3, 0.4) is 0 Å². The van der Waals surface area contributed by atoms with Gasteiger partial charge in [-0.2, -0.15) is 0 Å². The van der Waals surface area contributed by atoms with Crippen LogP contribution in [0.25, 0.3) is 33.5 Å². The summed E-state index contributed by atoms with van der Waals surface area (Å²) in [4.78, 5) is 15.2. The molecule has 0 aliphatic carbocycles. The van der Waals surface area contributed by atoms with Crippen molar-refractivity contribution in [2.24, 2.45) is 0 Å². The lowest BCUT2D eigenvalue weighted by atomic mass is 9.86. The Hall–Kier alpha value is -6.52. The molecule has 0 aliphatic rings. The minimum absolute atomic E-state index is 0.0637. The van der Waals surface area contributed by atoms with Gasteiger partial charge >= 0.3 is 0 Å². The van der Waals surface area contributed by atoms with Gasteiger partial charge in [0.2, 0.25) is 0 Å². The number of hydrogen-bond acceptors (Lipinski definition) is 4. The van der Waals surface area contributed by atoms with Crippen molar-refractivity contribution in [3.05, 3.63) is 194 Å². The first kappa shape index (κ1) is 32.7. The van der Waals surface area contributed by atoms with Gasteiger partial charge in [-0.25, -0.2) is 9.97 Å². The fraction of sp³-hybridized carbons (Fsp3) is 0.0833. The van der Waals surface area contributed by atoms with E-state index in [1.54, 1.807) is 0 Å². The molecule has 0 atom stereocenters. The fourth-order valence-electron chi connectivity index (χ4n) is 6.83. The van der Waals surface area contributed by atoms with Crippen molar-refractivity contribution in [1.29, 1.82) is 0 Å². The maximum absolute atomic E-state index is 5.33. The summed E-state index contributed by atoms with van der Waals surface area (Å²) in [5.74, 6) is 0. The number of anilines is 6. The topological polar surface area (TPSA) is 32.3 Å². The molecule has 4 heteroatoms. The first-order valence-corrected chi connectivity index (χ1v) is 17.8. The first-order valence-electron chi connectivity index (χ1n) is 17.8. The van der Waals surface area contributed by atoms with Crippen LogP contribution in [-0.2, 0) is 5.41 Å².